The van der Waals surface area contributed by atoms with Gasteiger partial charge in [-0.05, 0) is 60.9 Å². The quantitative estimate of drug-likeness (QED) is 0.509. The Morgan fingerprint density at radius 2 is 1.64 bits per heavy atom. The molecule has 2 aliphatic rings. The maximum atomic E-state index is 6.33. The number of ether oxygens (including phenoxy) is 2. The molecule has 1 saturated carbocycles. The summed E-state index contributed by atoms with van der Waals surface area (Å²) in [5, 5.41) is 3.71. The van der Waals surface area contributed by atoms with Crippen LogP contribution in [0.25, 0.3) is 11.1 Å². The van der Waals surface area contributed by atoms with Gasteiger partial charge in [-0.1, -0.05) is 54.6 Å². The smallest absolute Gasteiger partial charge is 0.163 e. The summed E-state index contributed by atoms with van der Waals surface area (Å²) in [6.45, 7) is 2.96. The maximum absolute atomic E-state index is 6.33. The molecule has 1 aliphatic heterocycles. The molecule has 1 saturated heterocycles. The molecule has 0 aromatic heterocycles. The van der Waals surface area contributed by atoms with Crippen LogP contribution < -0.4 is 19.7 Å². The first-order valence-electron chi connectivity index (χ1n) is 12.3. The van der Waals surface area contributed by atoms with Crippen molar-refractivity contribution in [1.29, 1.82) is 0 Å². The van der Waals surface area contributed by atoms with Gasteiger partial charge in [0.25, 0.3) is 0 Å². The van der Waals surface area contributed by atoms with Gasteiger partial charge in [-0.3, -0.25) is 0 Å². The Bertz CT molecular complexity index is 1030. The molecule has 2 fully saturated rings. The zero-order chi connectivity index (χ0) is 22.5. The zero-order valence-corrected chi connectivity index (χ0v) is 19.5. The van der Waals surface area contributed by atoms with Crippen LogP contribution in [0.3, 0.4) is 0 Å². The first-order chi connectivity index (χ1) is 16.3. The van der Waals surface area contributed by atoms with Gasteiger partial charge in [0.1, 0.15) is 0 Å². The number of hydrogen-bond donors (Lipinski definition) is 1. The second kappa shape index (κ2) is 10.3. The molecule has 0 amide bonds. The van der Waals surface area contributed by atoms with E-state index >= 15 is 0 Å². The van der Waals surface area contributed by atoms with Gasteiger partial charge in [0.05, 0.1) is 13.2 Å². The first kappa shape index (κ1) is 21.8. The van der Waals surface area contributed by atoms with E-state index in [9.17, 15) is 0 Å². The summed E-state index contributed by atoms with van der Waals surface area (Å²) >= 11 is 0. The normalized spacial score (nSPS) is 18.9. The molecule has 4 heteroatoms. The van der Waals surface area contributed by atoms with E-state index < -0.39 is 0 Å². The zero-order valence-electron chi connectivity index (χ0n) is 19.5. The van der Waals surface area contributed by atoms with Gasteiger partial charge >= 0.3 is 0 Å². The Labute approximate surface area is 197 Å². The third-order valence-electron chi connectivity index (χ3n) is 6.91. The van der Waals surface area contributed by atoms with Crippen LogP contribution in [-0.2, 0) is 6.42 Å². The highest BCUT2D eigenvalue weighted by atomic mass is 16.5. The van der Waals surface area contributed by atoms with E-state index in [2.05, 4.69) is 83.0 Å². The number of anilines is 1. The lowest BCUT2D eigenvalue weighted by Crippen LogP contribution is -2.51. The number of hydrogen-bond acceptors (Lipinski definition) is 4. The van der Waals surface area contributed by atoms with Crippen LogP contribution in [0.5, 0.6) is 11.5 Å². The van der Waals surface area contributed by atoms with Gasteiger partial charge in [0.2, 0.25) is 0 Å². The average molecular weight is 443 g/mol. The number of piperazine rings is 1. The molecule has 5 rings (SSSR count). The Balaban J connectivity index is 1.25. The fraction of sp³-hybridized carbons (Fsp3) is 0.379. The monoisotopic (exact) mass is 442 g/mol. The van der Waals surface area contributed by atoms with Crippen molar-refractivity contribution < 1.29 is 9.47 Å². The molecule has 33 heavy (non-hydrogen) atoms. The molecule has 3 aromatic carbocycles. The van der Waals surface area contributed by atoms with Crippen LogP contribution in [0.15, 0.2) is 72.8 Å². The SMILES string of the molecule is COc1ccc(N2CCNC(Cc3ccc(-c4ccccc4)cc3)C2)cc1OC1CCCC1. The third kappa shape index (κ3) is 5.33. The highest BCUT2D eigenvalue weighted by Gasteiger charge is 2.23. The fourth-order valence-electron chi connectivity index (χ4n) is 5.09. The fourth-order valence-corrected chi connectivity index (χ4v) is 5.09. The lowest BCUT2D eigenvalue weighted by molar-refractivity contribution is 0.201. The minimum atomic E-state index is 0.323. The van der Waals surface area contributed by atoms with E-state index in [1.807, 2.05) is 0 Å². The van der Waals surface area contributed by atoms with Crippen molar-refractivity contribution in [3.8, 4) is 22.6 Å². The van der Waals surface area contributed by atoms with Gasteiger partial charge in [-0.25, -0.2) is 0 Å². The molecule has 1 aliphatic carbocycles. The van der Waals surface area contributed by atoms with Crippen molar-refractivity contribution in [3.05, 3.63) is 78.4 Å². The van der Waals surface area contributed by atoms with Crippen LogP contribution in [0, 0.1) is 0 Å². The van der Waals surface area contributed by atoms with Crippen molar-refractivity contribution in [3.63, 3.8) is 0 Å². The molecule has 1 atom stereocenters. The molecule has 0 radical (unpaired) electrons. The van der Waals surface area contributed by atoms with Crippen molar-refractivity contribution in [1.82, 2.24) is 5.32 Å². The number of nitrogens with one attached hydrogen (secondary N) is 1. The highest BCUT2D eigenvalue weighted by molar-refractivity contribution is 5.63. The molecule has 1 N–H and O–H groups in total. The lowest BCUT2D eigenvalue weighted by Gasteiger charge is -2.36. The first-order valence-corrected chi connectivity index (χ1v) is 12.3. The van der Waals surface area contributed by atoms with Crippen LogP contribution in [0.4, 0.5) is 5.69 Å². The molecule has 172 valence electrons. The summed E-state index contributed by atoms with van der Waals surface area (Å²) in [5.41, 5.74) is 5.12. The van der Waals surface area contributed by atoms with Crippen molar-refractivity contribution in [2.75, 3.05) is 31.6 Å². The van der Waals surface area contributed by atoms with Crippen molar-refractivity contribution in [2.24, 2.45) is 0 Å². The lowest BCUT2D eigenvalue weighted by atomic mass is 9.99. The molecular weight excluding hydrogens is 408 g/mol. The van der Waals surface area contributed by atoms with Crippen LogP contribution >= 0.6 is 0 Å². The minimum absolute atomic E-state index is 0.323. The molecule has 1 unspecified atom stereocenters. The standard InChI is InChI=1S/C29H34N2O2/c1-32-28-16-15-26(20-29(28)33-27-9-5-6-10-27)31-18-17-30-25(21-31)19-22-11-13-24(14-12-22)23-7-3-2-4-8-23/h2-4,7-8,11-16,20,25,27,30H,5-6,9-10,17-19,21H2,1H3. The Kier molecular flexibility index (Phi) is 6.82. The number of nitrogens with zero attached hydrogens (tertiary/aromatic N) is 1. The van der Waals surface area contributed by atoms with Crippen LogP contribution in [0.1, 0.15) is 31.2 Å². The maximum Gasteiger partial charge on any atom is 0.163 e. The summed E-state index contributed by atoms with van der Waals surface area (Å²) in [6.07, 6.45) is 6.16. The molecule has 4 nitrogen and oxygen atoms in total. The number of rotatable bonds is 7. The van der Waals surface area contributed by atoms with Gasteiger partial charge in [-0.2, -0.15) is 0 Å². The van der Waals surface area contributed by atoms with E-state index in [4.69, 9.17) is 9.47 Å². The second-order valence-electron chi connectivity index (χ2n) is 9.22. The van der Waals surface area contributed by atoms with E-state index in [0.717, 1.165) is 50.4 Å². The van der Waals surface area contributed by atoms with Gasteiger partial charge in [0, 0.05) is 37.4 Å². The van der Waals surface area contributed by atoms with E-state index in [1.54, 1.807) is 7.11 Å². The molecule has 3 aromatic rings. The molecule has 0 spiro atoms. The van der Waals surface area contributed by atoms with E-state index in [-0.39, 0.29) is 0 Å². The third-order valence-corrected chi connectivity index (χ3v) is 6.91. The Morgan fingerprint density at radius 3 is 2.39 bits per heavy atom. The summed E-state index contributed by atoms with van der Waals surface area (Å²) in [7, 11) is 1.72. The highest BCUT2D eigenvalue weighted by Crippen LogP contribution is 2.35. The van der Waals surface area contributed by atoms with E-state index in [0.29, 0.717) is 12.1 Å². The largest absolute Gasteiger partial charge is 0.493 e. The van der Waals surface area contributed by atoms with Gasteiger partial charge in [-0.15, -0.1) is 0 Å². The second-order valence-corrected chi connectivity index (χ2v) is 9.22. The van der Waals surface area contributed by atoms with Crippen LogP contribution in [-0.4, -0.2) is 38.9 Å². The van der Waals surface area contributed by atoms with Crippen molar-refractivity contribution >= 4 is 5.69 Å². The Hall–Kier alpha value is -2.98. The average Bonchev–Trinajstić information content (AvgIpc) is 3.38. The molecule has 0 bridgehead atoms. The number of benzene rings is 3. The summed E-state index contributed by atoms with van der Waals surface area (Å²) < 4.78 is 11.9. The summed E-state index contributed by atoms with van der Waals surface area (Å²) in [4.78, 5) is 2.47. The molecule has 1 heterocycles. The Morgan fingerprint density at radius 1 is 0.879 bits per heavy atom. The predicted octanol–water partition coefficient (Wildman–Crippen LogP) is 5.70. The summed E-state index contributed by atoms with van der Waals surface area (Å²) in [6, 6.07) is 26.4. The van der Waals surface area contributed by atoms with Crippen molar-refractivity contribution in [2.45, 2.75) is 44.2 Å². The van der Waals surface area contributed by atoms with E-state index in [1.165, 1.54) is 35.2 Å². The summed E-state index contributed by atoms with van der Waals surface area (Å²) in [5.74, 6) is 1.71. The number of methoxy groups -OCH3 is 1. The van der Waals surface area contributed by atoms with Gasteiger partial charge in [0.15, 0.2) is 11.5 Å². The topological polar surface area (TPSA) is 33.7 Å². The molecular formula is C29H34N2O2. The predicted molar refractivity (Wildman–Crippen MR) is 135 cm³/mol. The van der Waals surface area contributed by atoms with Gasteiger partial charge < -0.3 is 19.7 Å². The van der Waals surface area contributed by atoms with Crippen LogP contribution in [0.2, 0.25) is 0 Å². The minimum Gasteiger partial charge on any atom is -0.493 e.